The molecule has 0 spiro atoms. The zero-order valence-corrected chi connectivity index (χ0v) is 15.9. The molecule has 0 saturated heterocycles. The van der Waals surface area contributed by atoms with Crippen LogP contribution in [0.4, 0.5) is 5.69 Å². The number of carbonyl (C=O) groups is 1. The van der Waals surface area contributed by atoms with E-state index in [1.54, 1.807) is 6.08 Å². The Morgan fingerprint density at radius 1 is 1.11 bits per heavy atom. The SMILES string of the molecule is CCN(CC)c1ccc(/C=C(\C#N)C(=O)c2c(C)[nH]c3ccccc23)cc1. The molecule has 136 valence electrons. The maximum absolute atomic E-state index is 13.0. The Kier molecular flexibility index (Phi) is 5.42. The van der Waals surface area contributed by atoms with Crippen LogP contribution in [0.25, 0.3) is 17.0 Å². The highest BCUT2D eigenvalue weighted by Gasteiger charge is 2.19. The minimum absolute atomic E-state index is 0.137. The predicted octanol–water partition coefficient (Wildman–Crippen LogP) is 5.11. The number of hydrogen-bond acceptors (Lipinski definition) is 3. The molecule has 4 nitrogen and oxygen atoms in total. The Morgan fingerprint density at radius 3 is 2.41 bits per heavy atom. The summed E-state index contributed by atoms with van der Waals surface area (Å²) < 4.78 is 0. The van der Waals surface area contributed by atoms with Crippen LogP contribution in [0, 0.1) is 18.3 Å². The number of carbonyl (C=O) groups excluding carboxylic acids is 1. The molecular formula is C23H23N3O. The highest BCUT2D eigenvalue weighted by molar-refractivity contribution is 6.20. The van der Waals surface area contributed by atoms with Crippen molar-refractivity contribution in [3.63, 3.8) is 0 Å². The molecule has 0 aliphatic rings. The van der Waals surface area contributed by atoms with E-state index in [0.717, 1.165) is 40.9 Å². The number of Topliss-reactive ketones (excluding diaryl/α,β-unsaturated/α-hetero) is 1. The number of nitrogens with zero attached hydrogens (tertiary/aromatic N) is 2. The zero-order valence-electron chi connectivity index (χ0n) is 15.9. The normalized spacial score (nSPS) is 11.4. The van der Waals surface area contributed by atoms with Crippen LogP contribution < -0.4 is 4.90 Å². The summed E-state index contributed by atoms with van der Waals surface area (Å²) in [6.07, 6.45) is 1.66. The lowest BCUT2D eigenvalue weighted by Crippen LogP contribution is -2.21. The van der Waals surface area contributed by atoms with Crippen LogP contribution in [0.5, 0.6) is 0 Å². The van der Waals surface area contributed by atoms with Gasteiger partial charge in [0.15, 0.2) is 0 Å². The summed E-state index contributed by atoms with van der Waals surface area (Å²) in [6.45, 7) is 7.97. The number of nitrogens with one attached hydrogen (secondary N) is 1. The molecule has 27 heavy (non-hydrogen) atoms. The van der Waals surface area contributed by atoms with Gasteiger partial charge in [0, 0.05) is 35.4 Å². The molecule has 0 amide bonds. The highest BCUT2D eigenvalue weighted by atomic mass is 16.1. The number of aromatic amines is 1. The van der Waals surface area contributed by atoms with Crippen LogP contribution in [-0.2, 0) is 0 Å². The Hall–Kier alpha value is -3.32. The molecule has 4 heteroatoms. The number of benzene rings is 2. The van der Waals surface area contributed by atoms with Crippen molar-refractivity contribution < 1.29 is 4.79 Å². The number of allylic oxidation sites excluding steroid dienone is 1. The van der Waals surface area contributed by atoms with Gasteiger partial charge in [0.1, 0.15) is 11.6 Å². The van der Waals surface area contributed by atoms with Gasteiger partial charge in [-0.1, -0.05) is 30.3 Å². The Balaban J connectivity index is 1.95. The van der Waals surface area contributed by atoms with Crippen LogP contribution in [0.15, 0.2) is 54.1 Å². The number of para-hydroxylation sites is 1. The first kappa shape index (κ1) is 18.5. The second kappa shape index (κ2) is 7.92. The molecule has 0 aliphatic carbocycles. The Morgan fingerprint density at radius 2 is 1.78 bits per heavy atom. The van der Waals surface area contributed by atoms with Gasteiger partial charge in [-0.25, -0.2) is 0 Å². The maximum Gasteiger partial charge on any atom is 0.205 e. The van der Waals surface area contributed by atoms with Gasteiger partial charge in [0.2, 0.25) is 5.78 Å². The molecule has 0 unspecified atom stereocenters. The van der Waals surface area contributed by atoms with E-state index in [-0.39, 0.29) is 11.4 Å². The summed E-state index contributed by atoms with van der Waals surface area (Å²) in [5, 5.41) is 10.4. The molecule has 0 atom stereocenters. The average molecular weight is 357 g/mol. The van der Waals surface area contributed by atoms with Crippen molar-refractivity contribution in [1.82, 2.24) is 4.98 Å². The monoisotopic (exact) mass is 357 g/mol. The van der Waals surface area contributed by atoms with E-state index in [1.165, 1.54) is 0 Å². The second-order valence-electron chi connectivity index (χ2n) is 6.43. The van der Waals surface area contributed by atoms with Gasteiger partial charge in [-0.3, -0.25) is 4.79 Å². The molecule has 0 bridgehead atoms. The van der Waals surface area contributed by atoms with E-state index >= 15 is 0 Å². The molecule has 0 radical (unpaired) electrons. The van der Waals surface area contributed by atoms with Crippen molar-refractivity contribution in [3.8, 4) is 6.07 Å². The Bertz CT molecular complexity index is 1030. The van der Waals surface area contributed by atoms with Crippen molar-refractivity contribution >= 4 is 28.4 Å². The minimum atomic E-state index is -0.250. The molecule has 3 aromatic rings. The zero-order chi connectivity index (χ0) is 19.4. The van der Waals surface area contributed by atoms with Gasteiger partial charge < -0.3 is 9.88 Å². The number of hydrogen-bond donors (Lipinski definition) is 1. The fraction of sp³-hybridized carbons (Fsp3) is 0.217. The molecule has 1 N–H and O–H groups in total. The quantitative estimate of drug-likeness (QED) is 0.379. The van der Waals surface area contributed by atoms with Crippen LogP contribution >= 0.6 is 0 Å². The standard InChI is InChI=1S/C23H23N3O/c1-4-26(5-2)19-12-10-17(11-13-19)14-18(15-24)23(27)22-16(3)25-21-9-7-6-8-20(21)22/h6-14,25H,4-5H2,1-3H3/b18-14+. The van der Waals surface area contributed by atoms with E-state index in [1.807, 2.05) is 55.5 Å². The molecule has 2 aromatic carbocycles. The summed E-state index contributed by atoms with van der Waals surface area (Å²) in [4.78, 5) is 18.5. The number of aryl methyl sites for hydroxylation is 1. The number of H-pyrrole nitrogens is 1. The van der Waals surface area contributed by atoms with E-state index < -0.39 is 0 Å². The second-order valence-corrected chi connectivity index (χ2v) is 6.43. The van der Waals surface area contributed by atoms with Crippen molar-refractivity contribution in [2.24, 2.45) is 0 Å². The fourth-order valence-corrected chi connectivity index (χ4v) is 3.39. The molecule has 0 fully saturated rings. The first-order valence-electron chi connectivity index (χ1n) is 9.17. The smallest absolute Gasteiger partial charge is 0.205 e. The topological polar surface area (TPSA) is 59.9 Å². The summed E-state index contributed by atoms with van der Waals surface area (Å²) in [7, 11) is 0. The van der Waals surface area contributed by atoms with Crippen LogP contribution in [0.3, 0.4) is 0 Å². The molecular weight excluding hydrogens is 334 g/mol. The molecule has 1 heterocycles. The van der Waals surface area contributed by atoms with Gasteiger partial charge in [-0.2, -0.15) is 5.26 Å². The lowest BCUT2D eigenvalue weighted by Gasteiger charge is -2.20. The number of aromatic nitrogens is 1. The number of anilines is 1. The maximum atomic E-state index is 13.0. The Labute approximate surface area is 159 Å². The van der Waals surface area contributed by atoms with E-state index in [9.17, 15) is 10.1 Å². The number of ketones is 1. The number of nitriles is 1. The van der Waals surface area contributed by atoms with Crippen molar-refractivity contribution in [2.75, 3.05) is 18.0 Å². The van der Waals surface area contributed by atoms with Crippen LogP contribution in [-0.4, -0.2) is 23.9 Å². The van der Waals surface area contributed by atoms with Crippen LogP contribution in [0.1, 0.15) is 35.5 Å². The van der Waals surface area contributed by atoms with Crippen molar-refractivity contribution in [1.29, 1.82) is 5.26 Å². The first-order chi connectivity index (χ1) is 13.1. The molecule has 1 aromatic heterocycles. The summed E-state index contributed by atoms with van der Waals surface area (Å²) in [6, 6.07) is 17.7. The lowest BCUT2D eigenvalue weighted by atomic mass is 9.99. The summed E-state index contributed by atoms with van der Waals surface area (Å²) in [5.74, 6) is -0.250. The lowest BCUT2D eigenvalue weighted by molar-refractivity contribution is 0.104. The fourth-order valence-electron chi connectivity index (χ4n) is 3.39. The van der Waals surface area contributed by atoms with Gasteiger partial charge in [0.05, 0.1) is 5.56 Å². The highest BCUT2D eigenvalue weighted by Crippen LogP contribution is 2.25. The third kappa shape index (κ3) is 3.63. The summed E-state index contributed by atoms with van der Waals surface area (Å²) in [5.41, 5.74) is 4.36. The van der Waals surface area contributed by atoms with E-state index in [2.05, 4.69) is 29.8 Å². The van der Waals surface area contributed by atoms with E-state index in [4.69, 9.17) is 0 Å². The number of rotatable bonds is 6. The average Bonchev–Trinajstić information content (AvgIpc) is 3.03. The molecule has 3 rings (SSSR count). The molecule has 0 aliphatic heterocycles. The van der Waals surface area contributed by atoms with E-state index in [0.29, 0.717) is 5.56 Å². The van der Waals surface area contributed by atoms with Gasteiger partial charge >= 0.3 is 0 Å². The molecule has 0 saturated carbocycles. The third-order valence-corrected chi connectivity index (χ3v) is 4.82. The van der Waals surface area contributed by atoms with Crippen molar-refractivity contribution in [2.45, 2.75) is 20.8 Å². The number of fused-ring (bicyclic) bond motifs is 1. The first-order valence-corrected chi connectivity index (χ1v) is 9.17. The predicted molar refractivity (Wildman–Crippen MR) is 111 cm³/mol. The minimum Gasteiger partial charge on any atom is -0.372 e. The van der Waals surface area contributed by atoms with Gasteiger partial charge in [-0.15, -0.1) is 0 Å². The third-order valence-electron chi connectivity index (χ3n) is 4.82. The van der Waals surface area contributed by atoms with Crippen molar-refractivity contribution in [3.05, 3.63) is 70.9 Å². The summed E-state index contributed by atoms with van der Waals surface area (Å²) >= 11 is 0. The van der Waals surface area contributed by atoms with Crippen LogP contribution in [0.2, 0.25) is 0 Å². The van der Waals surface area contributed by atoms with Gasteiger partial charge in [-0.05, 0) is 50.6 Å². The largest absolute Gasteiger partial charge is 0.372 e. The van der Waals surface area contributed by atoms with Gasteiger partial charge in [0.25, 0.3) is 0 Å².